The third-order valence-corrected chi connectivity index (χ3v) is 17.9. The molecule has 1 aliphatic rings. The van der Waals surface area contributed by atoms with Gasteiger partial charge in [0.15, 0.2) is 0 Å². The van der Waals surface area contributed by atoms with Gasteiger partial charge in [-0.2, -0.15) is 0 Å². The van der Waals surface area contributed by atoms with Crippen molar-refractivity contribution in [2.75, 3.05) is 79.0 Å². The first-order chi connectivity index (χ1) is 54.2. The number of unbranched alkanes of at least 4 members (excludes halogenated alkanes) is 10. The van der Waals surface area contributed by atoms with Gasteiger partial charge in [-0.3, -0.25) is 33.6 Å². The highest BCUT2D eigenvalue weighted by Gasteiger charge is 2.33. The number of amides is 7. The number of nitrogens with one attached hydrogen (secondary N) is 7. The summed E-state index contributed by atoms with van der Waals surface area (Å²) >= 11 is 0. The molecule has 0 spiro atoms. The Morgan fingerprint density at radius 3 is 0.884 bits per heavy atom. The Morgan fingerprint density at radius 2 is 0.589 bits per heavy atom. The first-order valence-electron chi connectivity index (χ1n) is 39.5. The molecule has 4 aromatic rings. The zero-order chi connectivity index (χ0) is 81.1. The van der Waals surface area contributed by atoms with E-state index in [-0.39, 0.29) is 98.2 Å². The van der Waals surface area contributed by atoms with Crippen molar-refractivity contribution in [2.24, 2.45) is 0 Å². The zero-order valence-electron chi connectivity index (χ0n) is 66.3. The van der Waals surface area contributed by atoms with Crippen LogP contribution in [0.1, 0.15) is 248 Å². The molecule has 3 atom stereocenters. The number of ketones is 2. The average Bonchev–Trinajstić information content (AvgIpc) is 0.825. The van der Waals surface area contributed by atoms with E-state index in [0.29, 0.717) is 223 Å². The first-order valence-corrected chi connectivity index (χ1v) is 39.5. The molecule has 112 heavy (non-hydrogen) atoms. The van der Waals surface area contributed by atoms with Gasteiger partial charge in [0.25, 0.3) is 23.6 Å². The van der Waals surface area contributed by atoms with E-state index in [0.717, 1.165) is 51.4 Å². The lowest BCUT2D eigenvalue weighted by atomic mass is 9.86. The van der Waals surface area contributed by atoms with Gasteiger partial charge < -0.3 is 84.7 Å². The molecule has 0 saturated heterocycles. The second-order valence-electron chi connectivity index (χ2n) is 27.9. The van der Waals surface area contributed by atoms with E-state index >= 15 is 0 Å². The van der Waals surface area contributed by atoms with Crippen molar-refractivity contribution in [1.29, 1.82) is 0 Å². The minimum absolute atomic E-state index is 0.0436. The highest BCUT2D eigenvalue weighted by atomic mass is 16.5. The Labute approximate surface area is 662 Å². The summed E-state index contributed by atoms with van der Waals surface area (Å²) in [5.41, 5.74) is 2.29. The molecule has 1 aliphatic carbocycles. The van der Waals surface area contributed by atoms with Gasteiger partial charge in [0, 0.05) is 149 Å². The second kappa shape index (κ2) is 53.9. The number of hydrogen-bond acceptors (Lipinski definition) is 17. The fourth-order valence-corrected chi connectivity index (χ4v) is 12.3. The van der Waals surface area contributed by atoms with Gasteiger partial charge in [-0.1, -0.05) is 0 Å². The highest BCUT2D eigenvalue weighted by Crippen LogP contribution is 2.36. The Kier molecular flexibility index (Phi) is 44.2. The fourth-order valence-electron chi connectivity index (χ4n) is 12.3. The molecule has 7 amide bonds. The van der Waals surface area contributed by atoms with E-state index in [2.05, 4.69) is 60.9 Å². The van der Waals surface area contributed by atoms with Crippen molar-refractivity contribution < 1.29 is 81.0 Å². The summed E-state index contributed by atoms with van der Waals surface area (Å²) < 4.78 is 50.2. The van der Waals surface area contributed by atoms with Gasteiger partial charge in [-0.25, -0.2) is 0 Å². The number of Topliss-reactive ketones (excluding diaryl/α,β-unsaturated/α-hetero) is 2. The van der Waals surface area contributed by atoms with Gasteiger partial charge >= 0.3 is 0 Å². The van der Waals surface area contributed by atoms with Gasteiger partial charge in [0.1, 0.15) is 57.6 Å². The van der Waals surface area contributed by atoms with Crippen LogP contribution in [-0.4, -0.2) is 150 Å². The molecule has 24 heteroatoms. The molecular weight excluding hydrogens is 1430 g/mol. The average molecular weight is 1540 g/mol. The molecule has 7 N–H and O–H groups in total. The third kappa shape index (κ3) is 37.7. The van der Waals surface area contributed by atoms with Crippen molar-refractivity contribution in [3.8, 4) is 95.4 Å². The summed E-state index contributed by atoms with van der Waals surface area (Å²) in [5.74, 6) is 11.5. The van der Waals surface area contributed by atoms with Gasteiger partial charge in [0.05, 0.1) is 52.9 Å². The molecule has 0 aliphatic heterocycles. The van der Waals surface area contributed by atoms with Crippen LogP contribution < -0.4 is 75.1 Å². The Morgan fingerprint density at radius 1 is 0.312 bits per heavy atom. The van der Waals surface area contributed by atoms with Crippen LogP contribution in [0.25, 0.3) is 0 Å². The number of carbonyl (C=O) groups is 9. The molecule has 0 aromatic heterocycles. The monoisotopic (exact) mass is 1540 g/mol. The molecule has 5 rings (SSSR count). The molecule has 0 heterocycles. The molecule has 606 valence electrons. The Bertz CT molecular complexity index is 3450. The van der Waals surface area contributed by atoms with Gasteiger partial charge in [-0.15, -0.1) is 49.4 Å². The van der Waals surface area contributed by atoms with E-state index in [4.69, 9.17) is 63.6 Å². The van der Waals surface area contributed by atoms with Crippen molar-refractivity contribution in [2.45, 2.75) is 226 Å². The highest BCUT2D eigenvalue weighted by molar-refractivity contribution is 5.97. The lowest BCUT2D eigenvalue weighted by Gasteiger charge is -2.36. The smallest absolute Gasteiger partial charge is 0.251 e. The van der Waals surface area contributed by atoms with Crippen LogP contribution >= 0.6 is 0 Å². The van der Waals surface area contributed by atoms with E-state index in [9.17, 15) is 43.2 Å². The molecule has 4 aromatic carbocycles. The lowest BCUT2D eigenvalue weighted by molar-refractivity contribution is -0.120. The predicted octanol–water partition coefficient (Wildman–Crippen LogP) is 11.8. The van der Waals surface area contributed by atoms with Crippen LogP contribution in [0.15, 0.2) is 60.7 Å². The molecule has 24 nitrogen and oxygen atoms in total. The van der Waals surface area contributed by atoms with E-state index in [1.807, 2.05) is 0 Å². The first kappa shape index (κ1) is 91.8. The molecule has 1 fully saturated rings. The van der Waals surface area contributed by atoms with Gasteiger partial charge in [-0.05, 0) is 197 Å². The number of hydrogen-bond donors (Lipinski definition) is 7. The van der Waals surface area contributed by atoms with E-state index < -0.39 is 29.9 Å². The summed E-state index contributed by atoms with van der Waals surface area (Å²) in [7, 11) is 0. The molecule has 0 bridgehead atoms. The fraction of sp³-hybridized carbons (Fsp3) is 0.534. The van der Waals surface area contributed by atoms with Crippen LogP contribution in [0, 0.1) is 49.4 Å². The van der Waals surface area contributed by atoms with Crippen LogP contribution in [0.4, 0.5) is 0 Å². The lowest BCUT2D eigenvalue weighted by Crippen LogP contribution is -2.53. The summed E-state index contributed by atoms with van der Waals surface area (Å²) in [4.78, 5) is 118. The minimum Gasteiger partial charge on any atom is -0.493 e. The maximum absolute atomic E-state index is 14.9. The number of ether oxygens (including phenoxy) is 8. The minimum atomic E-state index is -0.606. The van der Waals surface area contributed by atoms with Crippen molar-refractivity contribution in [3.05, 3.63) is 94.0 Å². The van der Waals surface area contributed by atoms with Crippen LogP contribution in [-0.2, 0) is 36.8 Å². The summed E-state index contributed by atoms with van der Waals surface area (Å²) in [5, 5.41) is 21.0. The molecule has 0 radical (unpaired) electrons. The number of rotatable bonds is 57. The largest absolute Gasteiger partial charge is 0.493 e. The van der Waals surface area contributed by atoms with Gasteiger partial charge in [0.2, 0.25) is 17.7 Å². The molecule has 1 saturated carbocycles. The normalized spacial score (nSPS) is 13.3. The standard InChI is InChI=1S/C88H117N7O17/c1-10-14-18-24-42-105-75-50-68(51-76(61-75)106-43-25-19-15-11-2)85(101)91-38-30-36-79-81(109-46-28-22-34-63(5)96)54-70(55-82(79)110-47-29-23-35-64(6)97)87(103)94-73-58-72(93-67(9)100)59-74(60-73)95-88(104)71-56-83(111-48-32-40-89-65(7)98)80(84(57-71)112-49-33-41-90-66(8)99)37-31-39-92-86(102)69-52-77(107-44-26-20-16-12-3)62-78(53-69)108-45-27-21-17-13-4/h1-4,50-57,61-62,72-74H,14-49,58-60H2,5-9H3,(H,89,98)(H,90,99)(H,91,101)(H,92,102)(H,93,100)(H,94,103)(H,95,104)/t72-,73+,74-/m1/s1. The quantitative estimate of drug-likeness (QED) is 0.0160. The van der Waals surface area contributed by atoms with Crippen molar-refractivity contribution >= 4 is 52.9 Å². The predicted molar refractivity (Wildman–Crippen MR) is 431 cm³/mol. The van der Waals surface area contributed by atoms with Crippen molar-refractivity contribution in [1.82, 2.24) is 37.2 Å². The summed E-state index contributed by atoms with van der Waals surface area (Å²) in [6.45, 7) is 10.6. The number of terminal acetylenes is 4. The maximum Gasteiger partial charge on any atom is 0.251 e. The molecule has 0 unspecified atom stereocenters. The third-order valence-electron chi connectivity index (χ3n) is 17.9. The van der Waals surface area contributed by atoms with Crippen molar-refractivity contribution in [3.63, 3.8) is 0 Å². The topological polar surface area (TPSA) is 312 Å². The van der Waals surface area contributed by atoms with Crippen LogP contribution in [0.5, 0.6) is 46.0 Å². The maximum atomic E-state index is 14.9. The van der Waals surface area contributed by atoms with Crippen LogP contribution in [0.2, 0.25) is 0 Å². The Balaban J connectivity index is 1.43. The Hall–Kier alpha value is -10.9. The SMILES string of the molecule is C#CCCCCOc1cc(OCCCCC#C)cc(C(=O)NCCCc2c(OCCCCC(C)=O)cc(C(=O)N[C@H]3C[C@@H](NC(C)=O)C[C@@H](NC(=O)c4cc(OCCCNC(C)=O)c(CCCNC(=O)c5cc(OCCCCC#C)cc(OCCCCC#C)c5)c(OCCCNC(C)=O)c4)C3)cc2OCCCCC(C)=O)c1. The number of benzene rings is 4. The molecular formula is C88H117N7O17. The zero-order valence-corrected chi connectivity index (χ0v) is 66.3. The summed E-state index contributed by atoms with van der Waals surface area (Å²) in [6, 6.07) is 15.0. The number of carbonyl (C=O) groups excluding carboxylic acids is 9. The van der Waals surface area contributed by atoms with E-state index in [1.165, 1.54) is 34.6 Å². The summed E-state index contributed by atoms with van der Waals surface area (Å²) in [6.07, 6.45) is 36.5. The van der Waals surface area contributed by atoms with Crippen LogP contribution in [0.3, 0.4) is 0 Å². The second-order valence-corrected chi connectivity index (χ2v) is 27.9. The van der Waals surface area contributed by atoms with E-state index in [1.54, 1.807) is 60.7 Å².